The van der Waals surface area contributed by atoms with Crippen LogP contribution in [0.1, 0.15) is 17.3 Å². The van der Waals surface area contributed by atoms with Crippen molar-refractivity contribution in [1.29, 1.82) is 0 Å². The first-order valence-electron chi connectivity index (χ1n) is 11.9. The first kappa shape index (κ1) is 26.2. The third-order valence-electron chi connectivity index (χ3n) is 6.09. The van der Waals surface area contributed by atoms with Gasteiger partial charge in [0.15, 0.2) is 0 Å². The molecule has 1 unspecified atom stereocenters. The monoisotopic (exact) mass is 521 g/mol. The highest BCUT2D eigenvalue weighted by atomic mass is 32.2. The summed E-state index contributed by atoms with van der Waals surface area (Å²) in [4.78, 5) is 39.5. The molecule has 0 radical (unpaired) electrons. The number of benzene rings is 3. The lowest BCUT2D eigenvalue weighted by Gasteiger charge is -2.36. The Morgan fingerprint density at radius 3 is 2.32 bits per heavy atom. The first-order valence-corrected chi connectivity index (χ1v) is 13.2. The van der Waals surface area contributed by atoms with Crippen molar-refractivity contribution in [3.05, 3.63) is 88.5 Å². The SMILES string of the molecule is CCOC(=O)C[S+]([O-])c1ccc(C(=O)N2CCN(c3cccc(-c4ccccc4)c3)CC2)cc1[N+](=O)[O-]. The van der Waals surface area contributed by atoms with Gasteiger partial charge in [-0.05, 0) is 36.2 Å². The number of piperazine rings is 1. The van der Waals surface area contributed by atoms with Crippen LogP contribution in [0.3, 0.4) is 0 Å². The number of nitrogens with zero attached hydrogens (tertiary/aromatic N) is 3. The number of esters is 1. The third kappa shape index (κ3) is 6.28. The van der Waals surface area contributed by atoms with Crippen LogP contribution < -0.4 is 4.90 Å². The van der Waals surface area contributed by atoms with Gasteiger partial charge in [0.25, 0.3) is 5.91 Å². The smallest absolute Gasteiger partial charge is 0.356 e. The molecule has 1 fully saturated rings. The Kier molecular flexibility index (Phi) is 8.42. The van der Waals surface area contributed by atoms with Crippen molar-refractivity contribution < 1.29 is 23.8 Å². The van der Waals surface area contributed by atoms with E-state index in [-0.39, 0.29) is 23.0 Å². The first-order chi connectivity index (χ1) is 17.9. The molecule has 0 bridgehead atoms. The molecule has 1 aliphatic heterocycles. The van der Waals surface area contributed by atoms with Crippen LogP contribution in [0.2, 0.25) is 0 Å². The van der Waals surface area contributed by atoms with Gasteiger partial charge in [0.2, 0.25) is 10.6 Å². The zero-order valence-electron chi connectivity index (χ0n) is 20.4. The topological polar surface area (TPSA) is 116 Å². The number of anilines is 1. The zero-order chi connectivity index (χ0) is 26.4. The predicted octanol–water partition coefficient (Wildman–Crippen LogP) is 3.89. The van der Waals surface area contributed by atoms with E-state index in [0.29, 0.717) is 26.2 Å². The Labute approximate surface area is 218 Å². The Morgan fingerprint density at radius 2 is 1.65 bits per heavy atom. The van der Waals surface area contributed by atoms with Gasteiger partial charge in [-0.1, -0.05) is 42.5 Å². The molecule has 1 heterocycles. The zero-order valence-corrected chi connectivity index (χ0v) is 21.2. The summed E-state index contributed by atoms with van der Waals surface area (Å²) in [7, 11) is 0. The highest BCUT2D eigenvalue weighted by molar-refractivity contribution is 7.92. The van der Waals surface area contributed by atoms with E-state index >= 15 is 0 Å². The molecule has 1 saturated heterocycles. The molecule has 1 aliphatic rings. The summed E-state index contributed by atoms with van der Waals surface area (Å²) in [6.45, 7) is 3.89. The molecule has 0 aromatic heterocycles. The van der Waals surface area contributed by atoms with E-state index in [0.717, 1.165) is 22.9 Å². The largest absolute Gasteiger partial charge is 0.611 e. The van der Waals surface area contributed by atoms with Gasteiger partial charge in [0.05, 0.1) is 11.5 Å². The van der Waals surface area contributed by atoms with Gasteiger partial charge < -0.3 is 19.1 Å². The molecule has 37 heavy (non-hydrogen) atoms. The molecular formula is C27H27N3O6S. The van der Waals surface area contributed by atoms with Crippen LogP contribution >= 0.6 is 0 Å². The molecular weight excluding hydrogens is 494 g/mol. The van der Waals surface area contributed by atoms with Crippen LogP contribution in [0.4, 0.5) is 11.4 Å². The van der Waals surface area contributed by atoms with E-state index in [1.165, 1.54) is 12.1 Å². The standard InChI is InChI=1S/C27H27N3O6S/c1-2-36-26(31)19-37(35)25-12-11-22(18-24(25)30(33)34)27(32)29-15-13-28(14-16-29)23-10-6-9-21(17-23)20-7-4-3-5-8-20/h3-12,17-18H,2,13-16,19H2,1H3. The molecule has 10 heteroatoms. The summed E-state index contributed by atoms with van der Waals surface area (Å²) >= 11 is -1.96. The number of ether oxygens (including phenoxy) is 1. The second kappa shape index (κ2) is 11.9. The Balaban J connectivity index is 1.44. The van der Waals surface area contributed by atoms with Crippen molar-refractivity contribution in [3.63, 3.8) is 0 Å². The lowest BCUT2D eigenvalue weighted by atomic mass is 10.0. The second-order valence-electron chi connectivity index (χ2n) is 8.43. The highest BCUT2D eigenvalue weighted by Gasteiger charge is 2.30. The number of hydrogen-bond acceptors (Lipinski definition) is 7. The Bertz CT molecular complexity index is 1280. The maximum absolute atomic E-state index is 13.1. The van der Waals surface area contributed by atoms with Crippen molar-refractivity contribution in [3.8, 4) is 11.1 Å². The predicted molar refractivity (Wildman–Crippen MR) is 141 cm³/mol. The minimum Gasteiger partial charge on any atom is -0.611 e. The van der Waals surface area contributed by atoms with Crippen LogP contribution in [0.25, 0.3) is 11.1 Å². The van der Waals surface area contributed by atoms with Gasteiger partial charge in [-0.3, -0.25) is 14.9 Å². The average Bonchev–Trinajstić information content (AvgIpc) is 2.93. The molecule has 1 amide bonds. The van der Waals surface area contributed by atoms with Crippen molar-refractivity contribution in [2.24, 2.45) is 0 Å². The number of hydrogen-bond donors (Lipinski definition) is 0. The van der Waals surface area contributed by atoms with E-state index in [2.05, 4.69) is 29.2 Å². The highest BCUT2D eigenvalue weighted by Crippen LogP contribution is 2.28. The maximum Gasteiger partial charge on any atom is 0.356 e. The molecule has 192 valence electrons. The summed E-state index contributed by atoms with van der Waals surface area (Å²) in [5.74, 6) is -1.53. The molecule has 4 rings (SSSR count). The average molecular weight is 522 g/mol. The number of nitro groups is 1. The number of carbonyl (C=O) groups is 2. The Hall–Kier alpha value is -3.89. The van der Waals surface area contributed by atoms with Crippen LogP contribution in [0.15, 0.2) is 77.7 Å². The Morgan fingerprint density at radius 1 is 0.946 bits per heavy atom. The second-order valence-corrected chi connectivity index (χ2v) is 9.85. The number of rotatable bonds is 8. The molecule has 0 saturated carbocycles. The fourth-order valence-corrected chi connectivity index (χ4v) is 5.28. The van der Waals surface area contributed by atoms with Crippen LogP contribution in [-0.4, -0.2) is 64.8 Å². The fraction of sp³-hybridized carbons (Fsp3) is 0.259. The van der Waals surface area contributed by atoms with Crippen LogP contribution in [0, 0.1) is 10.1 Å². The van der Waals surface area contributed by atoms with Gasteiger partial charge in [0, 0.05) is 60.7 Å². The summed E-state index contributed by atoms with van der Waals surface area (Å²) in [5, 5.41) is 11.6. The van der Waals surface area contributed by atoms with Crippen LogP contribution in [0.5, 0.6) is 0 Å². The lowest BCUT2D eigenvalue weighted by Crippen LogP contribution is -2.48. The third-order valence-corrected chi connectivity index (χ3v) is 7.42. The molecule has 0 N–H and O–H groups in total. The fourth-order valence-electron chi connectivity index (χ4n) is 4.24. The molecule has 0 aliphatic carbocycles. The molecule has 3 aromatic carbocycles. The summed E-state index contributed by atoms with van der Waals surface area (Å²) in [6.07, 6.45) is 0. The van der Waals surface area contributed by atoms with Gasteiger partial charge in [-0.15, -0.1) is 0 Å². The minimum atomic E-state index is -1.96. The summed E-state index contributed by atoms with van der Waals surface area (Å²) in [6, 6.07) is 22.2. The molecule has 9 nitrogen and oxygen atoms in total. The number of amides is 1. The summed E-state index contributed by atoms with van der Waals surface area (Å²) < 4.78 is 17.3. The van der Waals surface area contributed by atoms with Crippen molar-refractivity contribution >= 4 is 34.4 Å². The lowest BCUT2D eigenvalue weighted by molar-refractivity contribution is -0.387. The van der Waals surface area contributed by atoms with E-state index in [9.17, 15) is 24.3 Å². The van der Waals surface area contributed by atoms with Crippen molar-refractivity contribution in [2.45, 2.75) is 11.8 Å². The van der Waals surface area contributed by atoms with E-state index < -0.39 is 33.5 Å². The van der Waals surface area contributed by atoms with Gasteiger partial charge >= 0.3 is 11.7 Å². The van der Waals surface area contributed by atoms with Gasteiger partial charge in [-0.2, -0.15) is 0 Å². The van der Waals surface area contributed by atoms with Gasteiger partial charge in [-0.25, -0.2) is 4.79 Å². The van der Waals surface area contributed by atoms with E-state index in [1.54, 1.807) is 11.8 Å². The number of nitro benzene ring substituents is 1. The van der Waals surface area contributed by atoms with Gasteiger partial charge in [0.1, 0.15) is 0 Å². The molecule has 1 atom stereocenters. The van der Waals surface area contributed by atoms with Crippen molar-refractivity contribution in [1.82, 2.24) is 4.90 Å². The molecule has 3 aromatic rings. The van der Waals surface area contributed by atoms with Crippen molar-refractivity contribution in [2.75, 3.05) is 43.4 Å². The quantitative estimate of drug-likeness (QED) is 0.191. The molecule has 0 spiro atoms. The minimum absolute atomic E-state index is 0.113. The van der Waals surface area contributed by atoms with E-state index in [4.69, 9.17) is 4.74 Å². The summed E-state index contributed by atoms with van der Waals surface area (Å²) in [5.41, 5.74) is 3.00. The maximum atomic E-state index is 13.1. The van der Waals surface area contributed by atoms with E-state index in [1.807, 2.05) is 30.3 Å². The normalized spacial score (nSPS) is 14.2. The van der Waals surface area contributed by atoms with Crippen LogP contribution in [-0.2, 0) is 20.7 Å². The number of carbonyl (C=O) groups excluding carboxylic acids is 2.